The predicted molar refractivity (Wildman–Crippen MR) is 325 cm³/mol. The first-order valence-electron chi connectivity index (χ1n) is 31.4. The summed E-state index contributed by atoms with van der Waals surface area (Å²) in [6.45, 7) is 6.45. The molecule has 6 heteroatoms. The Hall–Kier alpha value is -3.93. The van der Waals surface area contributed by atoms with Gasteiger partial charge in [0.25, 0.3) is 0 Å². The second kappa shape index (κ2) is 62.6. The minimum Gasteiger partial charge on any atom is -0.462 e. The molecule has 6 nitrogen and oxygen atoms in total. The first-order valence-corrected chi connectivity index (χ1v) is 31.4. The quantitative estimate of drug-likeness (QED) is 0.0261. The van der Waals surface area contributed by atoms with Crippen LogP contribution in [-0.4, -0.2) is 37.2 Å². The summed E-state index contributed by atoms with van der Waals surface area (Å²) in [6.07, 6.45) is 85.2. The summed E-state index contributed by atoms with van der Waals surface area (Å²) in [6, 6.07) is 0. The van der Waals surface area contributed by atoms with Crippen LogP contribution in [-0.2, 0) is 28.6 Å². The van der Waals surface area contributed by atoms with E-state index in [1.807, 2.05) is 6.08 Å². The third-order valence-corrected chi connectivity index (χ3v) is 13.2. The first-order chi connectivity index (χ1) is 37.0. The van der Waals surface area contributed by atoms with Crippen LogP contribution in [0.15, 0.2) is 109 Å². The van der Waals surface area contributed by atoms with Crippen molar-refractivity contribution in [2.75, 3.05) is 13.2 Å². The molecular formula is C69H116O6. The Kier molecular flexibility index (Phi) is 59.3. The number of hydrogen-bond donors (Lipinski definition) is 0. The Morgan fingerprint density at radius 2 is 0.547 bits per heavy atom. The molecule has 0 heterocycles. The second-order valence-electron chi connectivity index (χ2n) is 20.6. The molecule has 75 heavy (non-hydrogen) atoms. The Balaban J connectivity index is 4.49. The Labute approximate surface area is 463 Å². The number of hydrogen-bond acceptors (Lipinski definition) is 6. The molecule has 0 radical (unpaired) electrons. The molecule has 1 atom stereocenters. The zero-order valence-corrected chi connectivity index (χ0v) is 49.0. The van der Waals surface area contributed by atoms with Gasteiger partial charge in [0.15, 0.2) is 6.10 Å². The minimum atomic E-state index is -0.815. The van der Waals surface area contributed by atoms with E-state index in [0.717, 1.165) is 83.5 Å². The SMILES string of the molecule is CC/C=C\C/C=C\C/C=C\C/C=C\C/C=C\C/C=C\CCC(=O)OC[C@@H](COC(=O)CCCCCCCCCCC/C=C\CCCCCCCC)OC(=O)CCCCCCCCCCC/C=C\C/C=C\CCCCC. The first kappa shape index (κ1) is 71.1. The number of ether oxygens (including phenoxy) is 3. The van der Waals surface area contributed by atoms with Crippen molar-refractivity contribution < 1.29 is 28.6 Å². The molecule has 0 amide bonds. The van der Waals surface area contributed by atoms with Crippen molar-refractivity contribution in [3.8, 4) is 0 Å². The largest absolute Gasteiger partial charge is 0.462 e. The molecule has 0 saturated carbocycles. The van der Waals surface area contributed by atoms with E-state index in [1.54, 1.807) is 0 Å². The fraction of sp³-hybridized carbons (Fsp3) is 0.696. The van der Waals surface area contributed by atoms with Crippen LogP contribution in [0.5, 0.6) is 0 Å². The highest BCUT2D eigenvalue weighted by molar-refractivity contribution is 5.71. The molecule has 0 bridgehead atoms. The zero-order valence-electron chi connectivity index (χ0n) is 49.0. The van der Waals surface area contributed by atoms with Crippen LogP contribution in [0.25, 0.3) is 0 Å². The van der Waals surface area contributed by atoms with E-state index in [9.17, 15) is 14.4 Å². The summed E-state index contributed by atoms with van der Waals surface area (Å²) in [7, 11) is 0. The van der Waals surface area contributed by atoms with E-state index >= 15 is 0 Å². The molecule has 0 rings (SSSR count). The molecule has 0 aromatic heterocycles. The number of carbonyl (C=O) groups excluding carboxylic acids is 3. The van der Waals surface area contributed by atoms with Crippen LogP contribution in [0.3, 0.4) is 0 Å². The van der Waals surface area contributed by atoms with E-state index < -0.39 is 6.10 Å². The lowest BCUT2D eigenvalue weighted by atomic mass is 10.1. The average Bonchev–Trinajstić information content (AvgIpc) is 3.41. The van der Waals surface area contributed by atoms with Gasteiger partial charge >= 0.3 is 17.9 Å². The lowest BCUT2D eigenvalue weighted by Gasteiger charge is -2.18. The van der Waals surface area contributed by atoms with Gasteiger partial charge in [0.2, 0.25) is 0 Å². The molecule has 0 aliphatic carbocycles. The minimum absolute atomic E-state index is 0.104. The fourth-order valence-electron chi connectivity index (χ4n) is 8.55. The van der Waals surface area contributed by atoms with Crippen molar-refractivity contribution in [3.05, 3.63) is 109 Å². The Morgan fingerprint density at radius 3 is 0.933 bits per heavy atom. The molecule has 0 spiro atoms. The molecule has 0 saturated heterocycles. The average molecular weight is 1040 g/mol. The van der Waals surface area contributed by atoms with Gasteiger partial charge in [-0.2, -0.15) is 0 Å². The van der Waals surface area contributed by atoms with Gasteiger partial charge in [-0.3, -0.25) is 14.4 Å². The summed E-state index contributed by atoms with van der Waals surface area (Å²) < 4.78 is 16.9. The number of unbranched alkanes of at least 4 members (excludes halogenated alkanes) is 27. The molecule has 0 N–H and O–H groups in total. The third-order valence-electron chi connectivity index (χ3n) is 13.2. The number of esters is 3. The molecule has 0 aromatic carbocycles. The third kappa shape index (κ3) is 60.8. The number of rotatable bonds is 56. The van der Waals surface area contributed by atoms with Crippen LogP contribution >= 0.6 is 0 Å². The maximum absolute atomic E-state index is 12.9. The summed E-state index contributed by atoms with van der Waals surface area (Å²) in [5.74, 6) is -0.992. The van der Waals surface area contributed by atoms with Gasteiger partial charge in [-0.25, -0.2) is 0 Å². The highest BCUT2D eigenvalue weighted by Gasteiger charge is 2.19. The van der Waals surface area contributed by atoms with Gasteiger partial charge in [0, 0.05) is 19.3 Å². The van der Waals surface area contributed by atoms with Gasteiger partial charge in [0.1, 0.15) is 13.2 Å². The number of carbonyl (C=O) groups is 3. The second-order valence-corrected chi connectivity index (χ2v) is 20.6. The molecule has 428 valence electrons. The molecule has 0 unspecified atom stereocenters. The van der Waals surface area contributed by atoms with Crippen molar-refractivity contribution in [3.63, 3.8) is 0 Å². The lowest BCUT2D eigenvalue weighted by molar-refractivity contribution is -0.166. The highest BCUT2D eigenvalue weighted by atomic mass is 16.6. The highest BCUT2D eigenvalue weighted by Crippen LogP contribution is 2.15. The molecular weight excluding hydrogens is 925 g/mol. The van der Waals surface area contributed by atoms with Gasteiger partial charge < -0.3 is 14.2 Å². The number of allylic oxidation sites excluding steroid dienone is 18. The van der Waals surface area contributed by atoms with Gasteiger partial charge in [0.05, 0.1) is 0 Å². The maximum Gasteiger partial charge on any atom is 0.306 e. The van der Waals surface area contributed by atoms with Crippen molar-refractivity contribution in [1.82, 2.24) is 0 Å². The van der Waals surface area contributed by atoms with Crippen LogP contribution in [0, 0.1) is 0 Å². The van der Waals surface area contributed by atoms with Crippen molar-refractivity contribution in [2.24, 2.45) is 0 Å². The molecule has 0 aromatic rings. The van der Waals surface area contributed by atoms with E-state index in [-0.39, 0.29) is 37.5 Å². The van der Waals surface area contributed by atoms with Crippen LogP contribution in [0.4, 0.5) is 0 Å². The monoisotopic (exact) mass is 1040 g/mol. The molecule has 0 aliphatic rings. The maximum atomic E-state index is 12.9. The standard InChI is InChI=1S/C69H116O6/c1-4-7-10-13-16-19-22-25-28-31-34-37-40-43-46-49-52-55-58-61-67(70)73-64-66(75-69(72)63-60-57-54-51-48-45-42-39-36-33-30-27-24-21-18-15-12-9-6-3)65-74-68(71)62-59-56-53-50-47-44-41-38-35-32-29-26-23-20-17-14-11-8-5-2/h7,10,16,18-19,21,25-30,34,37,43,46,52,55,66H,4-6,8-9,11-15,17,20,22-24,31-33,35-36,38-42,44-45,47-51,53-54,56-65H2,1-3H3/b10-7-,19-16-,21-18-,28-25-,29-26-,30-27-,37-34-,46-43-,55-52-/t66-/m0/s1. The molecule has 0 aliphatic heterocycles. The van der Waals surface area contributed by atoms with E-state index in [0.29, 0.717) is 19.3 Å². The van der Waals surface area contributed by atoms with Crippen molar-refractivity contribution in [1.29, 1.82) is 0 Å². The zero-order chi connectivity index (χ0) is 54.3. The van der Waals surface area contributed by atoms with Crippen LogP contribution in [0.1, 0.15) is 290 Å². The smallest absolute Gasteiger partial charge is 0.306 e. The van der Waals surface area contributed by atoms with Gasteiger partial charge in [-0.05, 0) is 116 Å². The Bertz CT molecular complexity index is 1520. The van der Waals surface area contributed by atoms with Crippen molar-refractivity contribution in [2.45, 2.75) is 297 Å². The summed E-state index contributed by atoms with van der Waals surface area (Å²) in [5, 5.41) is 0. The topological polar surface area (TPSA) is 78.9 Å². The Morgan fingerprint density at radius 1 is 0.280 bits per heavy atom. The van der Waals surface area contributed by atoms with Crippen LogP contribution in [0.2, 0.25) is 0 Å². The van der Waals surface area contributed by atoms with Gasteiger partial charge in [-0.1, -0.05) is 265 Å². The normalized spacial score (nSPS) is 12.8. The van der Waals surface area contributed by atoms with E-state index in [1.165, 1.54) is 161 Å². The fourth-order valence-corrected chi connectivity index (χ4v) is 8.55. The lowest BCUT2D eigenvalue weighted by Crippen LogP contribution is -2.30. The predicted octanol–water partition coefficient (Wildman–Crippen LogP) is 21.4. The van der Waals surface area contributed by atoms with E-state index in [2.05, 4.69) is 124 Å². The van der Waals surface area contributed by atoms with Gasteiger partial charge in [-0.15, -0.1) is 0 Å². The molecule has 0 fully saturated rings. The van der Waals surface area contributed by atoms with Crippen LogP contribution < -0.4 is 0 Å². The summed E-state index contributed by atoms with van der Waals surface area (Å²) in [4.78, 5) is 38.3. The van der Waals surface area contributed by atoms with Crippen molar-refractivity contribution >= 4 is 17.9 Å². The van der Waals surface area contributed by atoms with E-state index in [4.69, 9.17) is 14.2 Å². The summed E-state index contributed by atoms with van der Waals surface area (Å²) in [5.41, 5.74) is 0. The summed E-state index contributed by atoms with van der Waals surface area (Å²) >= 11 is 0.